The molecule has 0 saturated carbocycles. The molecule has 0 radical (unpaired) electrons. The quantitative estimate of drug-likeness (QED) is 0.850. The van der Waals surface area contributed by atoms with Crippen LogP contribution in [0.2, 0.25) is 5.02 Å². The monoisotopic (exact) mass is 324 g/mol. The van der Waals surface area contributed by atoms with Gasteiger partial charge in [-0.2, -0.15) is 0 Å². The van der Waals surface area contributed by atoms with Crippen LogP contribution >= 0.6 is 11.6 Å². The Morgan fingerprint density at radius 1 is 1.23 bits per heavy atom. The Morgan fingerprint density at radius 2 is 2.05 bits per heavy atom. The Morgan fingerprint density at radius 3 is 2.77 bits per heavy atom. The van der Waals surface area contributed by atoms with Crippen molar-refractivity contribution in [1.82, 2.24) is 9.80 Å². The molecule has 0 aliphatic carbocycles. The molecule has 0 spiro atoms. The van der Waals surface area contributed by atoms with E-state index in [0.717, 1.165) is 30.9 Å². The Kier molecular flexibility index (Phi) is 4.81. The summed E-state index contributed by atoms with van der Waals surface area (Å²) in [6, 6.07) is 5.06. The maximum Gasteiger partial charge on any atom is 0.165 e. The van der Waals surface area contributed by atoms with Gasteiger partial charge in [0.15, 0.2) is 11.5 Å². The van der Waals surface area contributed by atoms with E-state index >= 15 is 0 Å². The van der Waals surface area contributed by atoms with Crippen LogP contribution < -0.4 is 9.47 Å². The molecule has 4 nitrogen and oxygen atoms in total. The van der Waals surface area contributed by atoms with Gasteiger partial charge >= 0.3 is 0 Å². The maximum absolute atomic E-state index is 6.24. The van der Waals surface area contributed by atoms with E-state index in [1.54, 1.807) is 14.2 Å². The number of nitrogens with zero attached hydrogens (tertiary/aromatic N) is 2. The van der Waals surface area contributed by atoms with Crippen molar-refractivity contribution in [1.29, 1.82) is 0 Å². The van der Waals surface area contributed by atoms with Gasteiger partial charge in [-0.15, -0.1) is 0 Å². The van der Waals surface area contributed by atoms with Gasteiger partial charge in [0, 0.05) is 48.4 Å². The van der Waals surface area contributed by atoms with E-state index in [2.05, 4.69) is 16.7 Å². The van der Waals surface area contributed by atoms with Crippen LogP contribution in [-0.4, -0.2) is 55.7 Å². The fraction of sp³-hybridized carbons (Fsp3) is 0.647. The lowest BCUT2D eigenvalue weighted by Gasteiger charge is -2.42. The van der Waals surface area contributed by atoms with Crippen LogP contribution in [-0.2, 0) is 6.54 Å². The van der Waals surface area contributed by atoms with Crippen molar-refractivity contribution in [3.8, 4) is 11.5 Å². The van der Waals surface area contributed by atoms with Gasteiger partial charge in [-0.25, -0.2) is 0 Å². The van der Waals surface area contributed by atoms with Crippen LogP contribution in [0.15, 0.2) is 12.1 Å². The van der Waals surface area contributed by atoms with E-state index in [1.165, 1.54) is 19.4 Å². The minimum absolute atomic E-state index is 0.545. The summed E-state index contributed by atoms with van der Waals surface area (Å²) in [4.78, 5) is 5.18. The molecule has 2 fully saturated rings. The van der Waals surface area contributed by atoms with Gasteiger partial charge < -0.3 is 9.47 Å². The van der Waals surface area contributed by atoms with Crippen molar-refractivity contribution in [2.45, 2.75) is 38.4 Å². The van der Waals surface area contributed by atoms with Gasteiger partial charge in [-0.05, 0) is 32.4 Å². The molecule has 2 heterocycles. The molecule has 2 aliphatic heterocycles. The van der Waals surface area contributed by atoms with Crippen molar-refractivity contribution in [3.63, 3.8) is 0 Å². The highest BCUT2D eigenvalue weighted by atomic mass is 35.5. The molecule has 0 N–H and O–H groups in total. The number of piperazine rings is 1. The summed E-state index contributed by atoms with van der Waals surface area (Å²) in [7, 11) is 3.34. The predicted molar refractivity (Wildman–Crippen MR) is 89.0 cm³/mol. The Bertz CT molecular complexity index is 538. The number of fused-ring (bicyclic) bond motifs is 1. The van der Waals surface area contributed by atoms with Gasteiger partial charge in [-0.3, -0.25) is 9.80 Å². The topological polar surface area (TPSA) is 24.9 Å². The summed E-state index contributed by atoms with van der Waals surface area (Å²) in [6.07, 6.45) is 2.65. The van der Waals surface area contributed by atoms with E-state index < -0.39 is 0 Å². The standard InChI is InChI=1S/C17H25ClN2O2/c1-12-9-19-6-4-5-15(19)11-20(12)10-13-7-14(18)8-16(21-2)17(13)22-3/h7-8,12,15H,4-6,9-11H2,1-3H3/t12-,15?/m0/s1. The molecule has 2 atom stereocenters. The molecule has 0 aromatic heterocycles. The summed E-state index contributed by atoms with van der Waals surface area (Å²) < 4.78 is 11.0. The third kappa shape index (κ3) is 3.05. The summed E-state index contributed by atoms with van der Waals surface area (Å²) in [5.41, 5.74) is 1.10. The Balaban J connectivity index is 1.81. The first-order chi connectivity index (χ1) is 10.6. The van der Waals surface area contributed by atoms with Gasteiger partial charge in [0.25, 0.3) is 0 Å². The van der Waals surface area contributed by atoms with Crippen LogP contribution in [0.3, 0.4) is 0 Å². The van der Waals surface area contributed by atoms with E-state index in [-0.39, 0.29) is 0 Å². The number of halogens is 1. The van der Waals surface area contributed by atoms with E-state index in [1.807, 2.05) is 12.1 Å². The first-order valence-electron chi connectivity index (χ1n) is 8.01. The Hall–Kier alpha value is -0.970. The number of hydrogen-bond acceptors (Lipinski definition) is 4. The van der Waals surface area contributed by atoms with E-state index in [4.69, 9.17) is 21.1 Å². The van der Waals surface area contributed by atoms with Crippen LogP contribution in [0.4, 0.5) is 0 Å². The summed E-state index contributed by atoms with van der Waals surface area (Å²) in [6.45, 7) is 6.70. The maximum atomic E-state index is 6.24. The molecule has 2 aliphatic rings. The smallest absolute Gasteiger partial charge is 0.165 e. The molecular formula is C17H25ClN2O2. The third-order valence-corrected chi connectivity index (χ3v) is 5.18. The number of ether oxygens (including phenoxy) is 2. The summed E-state index contributed by atoms with van der Waals surface area (Å²) >= 11 is 6.24. The zero-order valence-corrected chi connectivity index (χ0v) is 14.4. The van der Waals surface area contributed by atoms with Crippen molar-refractivity contribution in [2.75, 3.05) is 33.9 Å². The molecule has 0 bridgehead atoms. The first-order valence-corrected chi connectivity index (χ1v) is 8.38. The molecule has 3 rings (SSSR count). The fourth-order valence-electron chi connectivity index (χ4n) is 3.81. The molecule has 22 heavy (non-hydrogen) atoms. The highest BCUT2D eigenvalue weighted by Gasteiger charge is 2.34. The second kappa shape index (κ2) is 6.65. The number of hydrogen-bond donors (Lipinski definition) is 0. The minimum Gasteiger partial charge on any atom is -0.493 e. The van der Waals surface area contributed by atoms with E-state index in [0.29, 0.717) is 22.9 Å². The van der Waals surface area contributed by atoms with Gasteiger partial charge in [0.05, 0.1) is 14.2 Å². The highest BCUT2D eigenvalue weighted by molar-refractivity contribution is 6.30. The van der Waals surface area contributed by atoms with Crippen LogP contribution in [0.25, 0.3) is 0 Å². The molecule has 0 amide bonds. The molecule has 1 aromatic rings. The number of methoxy groups -OCH3 is 2. The van der Waals surface area contributed by atoms with Gasteiger partial charge in [0.1, 0.15) is 0 Å². The van der Waals surface area contributed by atoms with Crippen molar-refractivity contribution < 1.29 is 9.47 Å². The lowest BCUT2D eigenvalue weighted by atomic mass is 10.1. The zero-order chi connectivity index (χ0) is 15.7. The predicted octanol–water partition coefficient (Wildman–Crippen LogP) is 3.03. The second-order valence-electron chi connectivity index (χ2n) is 6.37. The van der Waals surface area contributed by atoms with Crippen LogP contribution in [0.5, 0.6) is 11.5 Å². The van der Waals surface area contributed by atoms with Crippen LogP contribution in [0, 0.1) is 0 Å². The molecule has 122 valence electrons. The average molecular weight is 325 g/mol. The Labute approximate surface area is 137 Å². The fourth-order valence-corrected chi connectivity index (χ4v) is 4.04. The lowest BCUT2D eigenvalue weighted by Crippen LogP contribution is -2.54. The molecular weight excluding hydrogens is 300 g/mol. The summed E-state index contributed by atoms with van der Waals surface area (Å²) in [5, 5.41) is 0.694. The number of benzene rings is 1. The van der Waals surface area contributed by atoms with Crippen LogP contribution in [0.1, 0.15) is 25.3 Å². The third-order valence-electron chi connectivity index (χ3n) is 4.96. The second-order valence-corrected chi connectivity index (χ2v) is 6.81. The molecule has 5 heteroatoms. The van der Waals surface area contributed by atoms with Gasteiger partial charge in [0.2, 0.25) is 0 Å². The molecule has 2 saturated heterocycles. The first kappa shape index (κ1) is 15.9. The molecule has 1 unspecified atom stereocenters. The lowest BCUT2D eigenvalue weighted by molar-refractivity contribution is 0.0534. The largest absolute Gasteiger partial charge is 0.493 e. The van der Waals surface area contributed by atoms with Crippen molar-refractivity contribution in [3.05, 3.63) is 22.7 Å². The average Bonchev–Trinajstić information content (AvgIpc) is 2.94. The van der Waals surface area contributed by atoms with Crippen molar-refractivity contribution in [2.24, 2.45) is 0 Å². The number of rotatable bonds is 4. The van der Waals surface area contributed by atoms with E-state index in [9.17, 15) is 0 Å². The van der Waals surface area contributed by atoms with Gasteiger partial charge in [-0.1, -0.05) is 11.6 Å². The van der Waals surface area contributed by atoms with Crippen molar-refractivity contribution >= 4 is 11.6 Å². The minimum atomic E-state index is 0.545. The SMILES string of the molecule is COc1cc(Cl)cc(CN2CC3CCCN3C[C@@H]2C)c1OC. The summed E-state index contributed by atoms with van der Waals surface area (Å²) in [5.74, 6) is 1.50. The molecule has 1 aromatic carbocycles. The normalized spacial score (nSPS) is 26.0. The highest BCUT2D eigenvalue weighted by Crippen LogP contribution is 2.36. The zero-order valence-electron chi connectivity index (χ0n) is 13.6.